The molecule has 2 heterocycles. The Labute approximate surface area is 155 Å². The van der Waals surface area contributed by atoms with Crippen LogP contribution in [-0.2, 0) is 28.0 Å². The van der Waals surface area contributed by atoms with Crippen molar-refractivity contribution in [3.63, 3.8) is 0 Å². The van der Waals surface area contributed by atoms with Crippen LogP contribution in [0.5, 0.6) is 0 Å². The second-order valence-corrected chi connectivity index (χ2v) is 9.49. The molecule has 1 amide bonds. The first kappa shape index (κ1) is 17.9. The van der Waals surface area contributed by atoms with E-state index in [0.717, 1.165) is 37.7 Å². The summed E-state index contributed by atoms with van der Waals surface area (Å²) >= 11 is 0. The van der Waals surface area contributed by atoms with E-state index < -0.39 is 10.2 Å². The van der Waals surface area contributed by atoms with Crippen molar-refractivity contribution in [2.24, 2.45) is 5.92 Å². The van der Waals surface area contributed by atoms with E-state index in [1.807, 2.05) is 23.1 Å². The Morgan fingerprint density at radius 1 is 0.885 bits per heavy atom. The number of carbonyl (C=O) groups is 1. The topological polar surface area (TPSA) is 60.9 Å². The molecule has 26 heavy (non-hydrogen) atoms. The van der Waals surface area contributed by atoms with Gasteiger partial charge < -0.3 is 4.90 Å². The van der Waals surface area contributed by atoms with Crippen molar-refractivity contribution < 1.29 is 13.2 Å². The first-order valence-corrected chi connectivity index (χ1v) is 11.1. The Morgan fingerprint density at radius 2 is 1.54 bits per heavy atom. The molecule has 0 N–H and O–H groups in total. The molecule has 1 aliphatic carbocycles. The molecule has 1 aromatic rings. The Morgan fingerprint density at radius 3 is 2.23 bits per heavy atom. The van der Waals surface area contributed by atoms with Gasteiger partial charge in [0.2, 0.25) is 5.91 Å². The van der Waals surface area contributed by atoms with Gasteiger partial charge in [-0.2, -0.15) is 17.0 Å². The number of amides is 1. The van der Waals surface area contributed by atoms with Crippen molar-refractivity contribution in [1.82, 2.24) is 13.5 Å². The van der Waals surface area contributed by atoms with Crippen LogP contribution in [0, 0.1) is 5.92 Å². The zero-order valence-electron chi connectivity index (χ0n) is 15.1. The van der Waals surface area contributed by atoms with Crippen LogP contribution in [0.2, 0.25) is 0 Å². The van der Waals surface area contributed by atoms with Crippen LogP contribution in [0.4, 0.5) is 0 Å². The third-order valence-corrected chi connectivity index (χ3v) is 7.98. The lowest BCUT2D eigenvalue weighted by atomic mass is 10.0. The molecule has 2 aliphatic heterocycles. The van der Waals surface area contributed by atoms with E-state index in [9.17, 15) is 13.2 Å². The quantitative estimate of drug-likeness (QED) is 0.804. The highest BCUT2D eigenvalue weighted by Gasteiger charge is 2.36. The van der Waals surface area contributed by atoms with Gasteiger partial charge in [0.15, 0.2) is 0 Å². The molecule has 4 rings (SSSR count). The number of nitrogens with zero attached hydrogens (tertiary/aromatic N) is 3. The van der Waals surface area contributed by atoms with Crippen molar-refractivity contribution in [2.75, 3.05) is 32.7 Å². The summed E-state index contributed by atoms with van der Waals surface area (Å²) in [6.45, 7) is 2.80. The fourth-order valence-corrected chi connectivity index (χ4v) is 5.98. The summed E-state index contributed by atoms with van der Waals surface area (Å²) in [5.41, 5.74) is 2.34. The Bertz CT molecular complexity index is 766. The first-order chi connectivity index (χ1) is 12.6. The van der Waals surface area contributed by atoms with E-state index in [1.165, 1.54) is 5.56 Å². The first-order valence-electron chi connectivity index (χ1n) is 9.66. The van der Waals surface area contributed by atoms with E-state index in [2.05, 4.69) is 6.07 Å². The maximum Gasteiger partial charge on any atom is 0.282 e. The van der Waals surface area contributed by atoms with Gasteiger partial charge in [0, 0.05) is 45.2 Å². The van der Waals surface area contributed by atoms with Gasteiger partial charge >= 0.3 is 0 Å². The summed E-state index contributed by atoms with van der Waals surface area (Å²) in [6, 6.07) is 8.05. The summed E-state index contributed by atoms with van der Waals surface area (Å²) < 4.78 is 29.2. The highest BCUT2D eigenvalue weighted by molar-refractivity contribution is 7.86. The number of hydrogen-bond acceptors (Lipinski definition) is 3. The maximum atomic E-state index is 13.0. The molecule has 6 nitrogen and oxygen atoms in total. The van der Waals surface area contributed by atoms with Gasteiger partial charge in [0.25, 0.3) is 10.2 Å². The Balaban J connectivity index is 1.38. The molecule has 0 bridgehead atoms. The van der Waals surface area contributed by atoms with Gasteiger partial charge in [-0.1, -0.05) is 37.1 Å². The highest BCUT2D eigenvalue weighted by Crippen LogP contribution is 2.28. The molecule has 0 unspecified atom stereocenters. The summed E-state index contributed by atoms with van der Waals surface area (Å²) in [5, 5.41) is 0. The van der Waals surface area contributed by atoms with Crippen LogP contribution in [0.3, 0.4) is 0 Å². The Hall–Kier alpha value is -1.44. The number of benzene rings is 1. The largest absolute Gasteiger partial charge is 0.340 e. The third kappa shape index (κ3) is 3.40. The molecule has 0 radical (unpaired) electrons. The van der Waals surface area contributed by atoms with E-state index in [-0.39, 0.29) is 11.8 Å². The SMILES string of the molecule is O=C(C1CCCC1)N1CCN(S(=O)(=O)N2CCc3ccccc3C2)CC1. The van der Waals surface area contributed by atoms with Crippen LogP contribution in [0.25, 0.3) is 0 Å². The highest BCUT2D eigenvalue weighted by atomic mass is 32.2. The standard InChI is InChI=1S/C19H27N3O3S/c23-19(17-6-2-3-7-17)20-11-13-21(14-12-20)26(24,25)22-10-9-16-5-1-4-8-18(16)15-22/h1,4-5,8,17H,2-3,6-7,9-15H2. The number of piperazine rings is 1. The molecule has 0 spiro atoms. The maximum absolute atomic E-state index is 13.0. The van der Waals surface area contributed by atoms with Crippen molar-refractivity contribution >= 4 is 16.1 Å². The van der Waals surface area contributed by atoms with Crippen molar-refractivity contribution in [3.8, 4) is 0 Å². The smallest absolute Gasteiger partial charge is 0.282 e. The monoisotopic (exact) mass is 377 g/mol. The molecule has 2 fully saturated rings. The molecule has 0 aromatic heterocycles. The van der Waals surface area contributed by atoms with Crippen LogP contribution < -0.4 is 0 Å². The van der Waals surface area contributed by atoms with E-state index in [4.69, 9.17) is 0 Å². The van der Waals surface area contributed by atoms with Crippen LogP contribution >= 0.6 is 0 Å². The molecule has 7 heteroatoms. The molecule has 1 aromatic carbocycles. The van der Waals surface area contributed by atoms with Gasteiger partial charge in [0.1, 0.15) is 0 Å². The van der Waals surface area contributed by atoms with E-state index in [1.54, 1.807) is 8.61 Å². The predicted molar refractivity (Wildman–Crippen MR) is 99.6 cm³/mol. The van der Waals surface area contributed by atoms with Crippen molar-refractivity contribution in [1.29, 1.82) is 0 Å². The predicted octanol–water partition coefficient (Wildman–Crippen LogP) is 1.62. The lowest BCUT2D eigenvalue weighted by molar-refractivity contribution is -0.136. The lowest BCUT2D eigenvalue weighted by Crippen LogP contribution is -2.55. The van der Waals surface area contributed by atoms with Crippen LogP contribution in [0.15, 0.2) is 24.3 Å². The zero-order valence-corrected chi connectivity index (χ0v) is 16.0. The fraction of sp³-hybridized carbons (Fsp3) is 0.632. The molecule has 1 saturated carbocycles. The molecule has 142 valence electrons. The van der Waals surface area contributed by atoms with Gasteiger partial charge in [-0.05, 0) is 30.4 Å². The number of hydrogen-bond donors (Lipinski definition) is 0. The second kappa shape index (κ2) is 7.29. The van der Waals surface area contributed by atoms with Gasteiger partial charge in [0.05, 0.1) is 0 Å². The minimum atomic E-state index is -3.47. The average Bonchev–Trinajstić information content (AvgIpc) is 3.22. The molecule has 3 aliphatic rings. The molecular weight excluding hydrogens is 350 g/mol. The van der Waals surface area contributed by atoms with E-state index in [0.29, 0.717) is 39.3 Å². The summed E-state index contributed by atoms with van der Waals surface area (Å²) in [7, 11) is -3.47. The van der Waals surface area contributed by atoms with Gasteiger partial charge in [-0.25, -0.2) is 0 Å². The zero-order chi connectivity index (χ0) is 18.1. The average molecular weight is 378 g/mol. The molecular formula is C19H27N3O3S. The van der Waals surface area contributed by atoms with Gasteiger partial charge in [-0.3, -0.25) is 4.79 Å². The van der Waals surface area contributed by atoms with Crippen LogP contribution in [0.1, 0.15) is 36.8 Å². The summed E-state index contributed by atoms with van der Waals surface area (Å²) in [5.74, 6) is 0.392. The minimum Gasteiger partial charge on any atom is -0.340 e. The van der Waals surface area contributed by atoms with Crippen molar-refractivity contribution in [3.05, 3.63) is 35.4 Å². The van der Waals surface area contributed by atoms with Crippen LogP contribution in [-0.4, -0.2) is 60.6 Å². The molecule has 0 atom stereocenters. The third-order valence-electron chi connectivity index (χ3n) is 6.00. The molecule has 1 saturated heterocycles. The summed E-state index contributed by atoms with van der Waals surface area (Å²) in [4.78, 5) is 14.4. The summed E-state index contributed by atoms with van der Waals surface area (Å²) in [6.07, 6.45) is 5.02. The second-order valence-electron chi connectivity index (χ2n) is 7.57. The van der Waals surface area contributed by atoms with Gasteiger partial charge in [-0.15, -0.1) is 0 Å². The van der Waals surface area contributed by atoms with Crippen molar-refractivity contribution in [2.45, 2.75) is 38.6 Å². The number of rotatable bonds is 3. The van der Waals surface area contributed by atoms with E-state index >= 15 is 0 Å². The normalized spacial score (nSPS) is 23.2. The Kier molecular flexibility index (Phi) is 5.03. The minimum absolute atomic E-state index is 0.164. The lowest BCUT2D eigenvalue weighted by Gasteiger charge is -2.38. The number of carbonyl (C=O) groups excluding carboxylic acids is 1. The number of fused-ring (bicyclic) bond motifs is 1. The fourth-order valence-electron chi connectivity index (χ4n) is 4.40.